The van der Waals surface area contributed by atoms with E-state index in [9.17, 15) is 9.59 Å². The minimum atomic E-state index is -0.255. The Kier molecular flexibility index (Phi) is 5.58. The molecule has 0 atom stereocenters. The molecule has 0 radical (unpaired) electrons. The van der Waals surface area contributed by atoms with Gasteiger partial charge >= 0.3 is 5.97 Å². The molecule has 1 saturated heterocycles. The lowest BCUT2D eigenvalue weighted by Gasteiger charge is -2.13. The van der Waals surface area contributed by atoms with E-state index in [0.717, 1.165) is 0 Å². The molecule has 0 aliphatic carbocycles. The molecule has 0 aromatic carbocycles. The molecular weight excluding hydrogens is 310 g/mol. The van der Waals surface area contributed by atoms with Gasteiger partial charge in [0.05, 0.1) is 17.8 Å². The summed E-state index contributed by atoms with van der Waals surface area (Å²) in [6.07, 6.45) is 4.03. The van der Waals surface area contributed by atoms with Gasteiger partial charge in [-0.2, -0.15) is 0 Å². The van der Waals surface area contributed by atoms with E-state index in [1.165, 1.54) is 16.7 Å². The SMILES string of the molecule is CCOC(=O)CCCN1C(=O)C(=Cc2ccco2)SC1=S. The van der Waals surface area contributed by atoms with Crippen molar-refractivity contribution in [2.45, 2.75) is 19.8 Å². The molecule has 5 nitrogen and oxygen atoms in total. The Balaban J connectivity index is 1.91. The van der Waals surface area contributed by atoms with Crippen molar-refractivity contribution in [2.24, 2.45) is 0 Å². The van der Waals surface area contributed by atoms with Crippen LogP contribution in [-0.4, -0.2) is 34.2 Å². The van der Waals surface area contributed by atoms with Crippen LogP contribution in [0.5, 0.6) is 0 Å². The first kappa shape index (κ1) is 15.8. The highest BCUT2D eigenvalue weighted by atomic mass is 32.2. The summed E-state index contributed by atoms with van der Waals surface area (Å²) in [4.78, 5) is 25.5. The summed E-state index contributed by atoms with van der Waals surface area (Å²) in [7, 11) is 0. The normalized spacial score (nSPS) is 16.8. The zero-order valence-corrected chi connectivity index (χ0v) is 13.2. The number of ether oxygens (including phenoxy) is 1. The molecule has 0 unspecified atom stereocenters. The van der Waals surface area contributed by atoms with Gasteiger partial charge in [-0.25, -0.2) is 0 Å². The van der Waals surface area contributed by atoms with Crippen molar-refractivity contribution in [1.82, 2.24) is 4.90 Å². The molecule has 1 fully saturated rings. The minimum Gasteiger partial charge on any atom is -0.466 e. The fourth-order valence-electron chi connectivity index (χ4n) is 1.81. The smallest absolute Gasteiger partial charge is 0.305 e. The molecule has 1 amide bonds. The largest absolute Gasteiger partial charge is 0.466 e. The Bertz CT molecular complexity index is 566. The van der Waals surface area contributed by atoms with Gasteiger partial charge in [0.1, 0.15) is 10.1 Å². The topological polar surface area (TPSA) is 59.8 Å². The average Bonchev–Trinajstić information content (AvgIpc) is 3.03. The highest BCUT2D eigenvalue weighted by molar-refractivity contribution is 8.26. The van der Waals surface area contributed by atoms with E-state index in [-0.39, 0.29) is 18.3 Å². The molecule has 0 spiro atoms. The minimum absolute atomic E-state index is 0.148. The van der Waals surface area contributed by atoms with Crippen molar-refractivity contribution in [1.29, 1.82) is 0 Å². The number of carbonyl (C=O) groups is 2. The number of thiocarbonyl (C=S) groups is 1. The van der Waals surface area contributed by atoms with E-state index in [4.69, 9.17) is 21.4 Å². The zero-order valence-electron chi connectivity index (χ0n) is 11.5. The number of hydrogen-bond donors (Lipinski definition) is 0. The van der Waals surface area contributed by atoms with Crippen LogP contribution in [0.15, 0.2) is 27.7 Å². The lowest BCUT2D eigenvalue weighted by molar-refractivity contribution is -0.143. The van der Waals surface area contributed by atoms with Gasteiger partial charge in [-0.15, -0.1) is 0 Å². The molecule has 1 aromatic rings. The van der Waals surface area contributed by atoms with Crippen LogP contribution in [0.25, 0.3) is 6.08 Å². The van der Waals surface area contributed by atoms with Crippen molar-refractivity contribution in [3.8, 4) is 0 Å². The van der Waals surface area contributed by atoms with Gasteiger partial charge in [0.25, 0.3) is 5.91 Å². The Morgan fingerprint density at radius 2 is 2.38 bits per heavy atom. The number of esters is 1. The Morgan fingerprint density at radius 1 is 1.57 bits per heavy atom. The number of rotatable bonds is 6. The van der Waals surface area contributed by atoms with E-state index >= 15 is 0 Å². The molecule has 0 bridgehead atoms. The highest BCUT2D eigenvalue weighted by Crippen LogP contribution is 2.32. The fourth-order valence-corrected chi connectivity index (χ4v) is 3.10. The molecule has 21 heavy (non-hydrogen) atoms. The third kappa shape index (κ3) is 4.18. The number of thioether (sulfide) groups is 1. The van der Waals surface area contributed by atoms with Gasteiger partial charge < -0.3 is 9.15 Å². The predicted octanol–water partition coefficient (Wildman–Crippen LogP) is 2.82. The second kappa shape index (κ2) is 7.42. The van der Waals surface area contributed by atoms with Crippen molar-refractivity contribution < 1.29 is 18.7 Å². The first-order valence-electron chi connectivity index (χ1n) is 6.56. The van der Waals surface area contributed by atoms with Crippen molar-refractivity contribution >= 4 is 46.3 Å². The van der Waals surface area contributed by atoms with Crippen LogP contribution >= 0.6 is 24.0 Å². The summed E-state index contributed by atoms with van der Waals surface area (Å²) in [6, 6.07) is 3.53. The van der Waals surface area contributed by atoms with Crippen LogP contribution < -0.4 is 0 Å². The van der Waals surface area contributed by atoms with Gasteiger partial charge in [0.15, 0.2) is 0 Å². The van der Waals surface area contributed by atoms with Crippen LogP contribution in [0.3, 0.4) is 0 Å². The van der Waals surface area contributed by atoms with Crippen LogP contribution in [0.1, 0.15) is 25.5 Å². The van der Waals surface area contributed by atoms with Crippen molar-refractivity contribution in [3.63, 3.8) is 0 Å². The molecular formula is C14H15NO4S2. The van der Waals surface area contributed by atoms with E-state index in [1.54, 1.807) is 31.4 Å². The van der Waals surface area contributed by atoms with Gasteiger partial charge in [0, 0.05) is 19.0 Å². The summed E-state index contributed by atoms with van der Waals surface area (Å²) in [5, 5.41) is 0. The van der Waals surface area contributed by atoms with Crippen LogP contribution in [-0.2, 0) is 14.3 Å². The summed E-state index contributed by atoms with van der Waals surface area (Å²) in [5.74, 6) is 0.210. The summed E-state index contributed by atoms with van der Waals surface area (Å²) in [6.45, 7) is 2.55. The quantitative estimate of drug-likeness (QED) is 0.455. The third-order valence-corrected chi connectivity index (χ3v) is 4.14. The second-order valence-electron chi connectivity index (χ2n) is 4.26. The molecule has 0 N–H and O–H groups in total. The maximum absolute atomic E-state index is 12.2. The van der Waals surface area contributed by atoms with E-state index < -0.39 is 0 Å². The number of carbonyl (C=O) groups excluding carboxylic acids is 2. The molecule has 1 aliphatic rings. The lowest BCUT2D eigenvalue weighted by Crippen LogP contribution is -2.29. The number of hydrogen-bond acceptors (Lipinski definition) is 6. The van der Waals surface area contributed by atoms with Crippen LogP contribution in [0.4, 0.5) is 0 Å². The molecule has 1 aromatic heterocycles. The molecule has 7 heteroatoms. The summed E-state index contributed by atoms with van der Waals surface area (Å²) >= 11 is 6.44. The van der Waals surface area contributed by atoms with Gasteiger partial charge in [-0.3, -0.25) is 14.5 Å². The molecule has 1 aliphatic heterocycles. The van der Waals surface area contributed by atoms with Gasteiger partial charge in [0.2, 0.25) is 0 Å². The average molecular weight is 325 g/mol. The Hall–Kier alpha value is -1.60. The van der Waals surface area contributed by atoms with E-state index in [0.29, 0.717) is 34.6 Å². The first-order chi connectivity index (χ1) is 10.1. The summed E-state index contributed by atoms with van der Waals surface area (Å²) in [5.41, 5.74) is 0. The van der Waals surface area contributed by atoms with Crippen LogP contribution in [0, 0.1) is 0 Å². The number of amides is 1. The first-order valence-corrected chi connectivity index (χ1v) is 7.78. The molecule has 112 valence electrons. The third-order valence-electron chi connectivity index (χ3n) is 2.76. The molecule has 2 heterocycles. The Labute approximate surface area is 132 Å². The van der Waals surface area contributed by atoms with Gasteiger partial charge in [-0.1, -0.05) is 24.0 Å². The standard InChI is InChI=1S/C14H15NO4S2/c1-2-18-12(16)6-3-7-15-13(17)11(21-14(15)20)9-10-5-4-8-19-10/h4-5,8-9H,2-3,6-7H2,1H3. The highest BCUT2D eigenvalue weighted by Gasteiger charge is 2.31. The maximum Gasteiger partial charge on any atom is 0.305 e. The predicted molar refractivity (Wildman–Crippen MR) is 84.5 cm³/mol. The lowest BCUT2D eigenvalue weighted by atomic mass is 10.3. The Morgan fingerprint density at radius 3 is 3.05 bits per heavy atom. The second-order valence-corrected chi connectivity index (χ2v) is 5.93. The van der Waals surface area contributed by atoms with Crippen molar-refractivity contribution in [2.75, 3.05) is 13.2 Å². The number of nitrogens with zero attached hydrogens (tertiary/aromatic N) is 1. The monoisotopic (exact) mass is 325 g/mol. The van der Waals surface area contributed by atoms with Crippen LogP contribution in [0.2, 0.25) is 0 Å². The maximum atomic E-state index is 12.2. The van der Waals surface area contributed by atoms with E-state index in [1.807, 2.05) is 0 Å². The molecule has 0 saturated carbocycles. The number of furan rings is 1. The zero-order chi connectivity index (χ0) is 15.2. The molecule has 2 rings (SSSR count). The fraction of sp³-hybridized carbons (Fsp3) is 0.357. The summed E-state index contributed by atoms with van der Waals surface area (Å²) < 4.78 is 10.5. The van der Waals surface area contributed by atoms with E-state index in [2.05, 4.69) is 0 Å². The van der Waals surface area contributed by atoms with Crippen molar-refractivity contribution in [3.05, 3.63) is 29.1 Å². The van der Waals surface area contributed by atoms with Gasteiger partial charge in [-0.05, 0) is 25.5 Å².